The Morgan fingerprint density at radius 3 is 2.30 bits per heavy atom. The Labute approximate surface area is 119 Å². The van der Waals surface area contributed by atoms with Crippen molar-refractivity contribution >= 4 is 12.0 Å². The molecule has 1 unspecified atom stereocenters. The predicted molar refractivity (Wildman–Crippen MR) is 77.5 cm³/mol. The smallest absolute Gasteiger partial charge is 0.317 e. The summed E-state index contributed by atoms with van der Waals surface area (Å²) in [5, 5.41) is 11.7. The Morgan fingerprint density at radius 1 is 1.20 bits per heavy atom. The summed E-state index contributed by atoms with van der Waals surface area (Å²) in [6.07, 6.45) is 0.407. The maximum atomic E-state index is 12.1. The molecule has 5 heteroatoms. The molecule has 1 aromatic carbocycles. The monoisotopic (exact) mass is 278 g/mol. The maximum Gasteiger partial charge on any atom is 0.317 e. The molecule has 1 atom stereocenters. The number of aliphatic carboxylic acids is 1. The first-order valence-corrected chi connectivity index (χ1v) is 6.90. The summed E-state index contributed by atoms with van der Waals surface area (Å²) in [4.78, 5) is 24.5. The number of benzene rings is 1. The Balaban J connectivity index is 2.77. The number of carbonyl (C=O) groups is 2. The highest BCUT2D eigenvalue weighted by molar-refractivity contribution is 5.75. The molecule has 0 heterocycles. The largest absolute Gasteiger partial charge is 0.481 e. The van der Waals surface area contributed by atoms with Gasteiger partial charge in [-0.25, -0.2) is 4.79 Å². The molecule has 0 saturated carbocycles. The Hall–Kier alpha value is -2.04. The minimum atomic E-state index is -0.858. The predicted octanol–water partition coefficient (Wildman–Crippen LogP) is 2.64. The molecule has 0 bridgehead atoms. The van der Waals surface area contributed by atoms with E-state index >= 15 is 0 Å². The first-order chi connectivity index (χ1) is 9.58. The van der Waals surface area contributed by atoms with Crippen LogP contribution in [0.1, 0.15) is 38.3 Å². The molecule has 0 saturated heterocycles. The van der Waals surface area contributed by atoms with Gasteiger partial charge in [-0.2, -0.15) is 0 Å². The van der Waals surface area contributed by atoms with Gasteiger partial charge in [0.05, 0.1) is 6.04 Å². The summed E-state index contributed by atoms with van der Waals surface area (Å²) in [5.74, 6) is -0.858. The molecule has 0 aliphatic heterocycles. The topological polar surface area (TPSA) is 69.6 Å². The number of carboxylic acid groups (broad SMARTS) is 1. The second-order valence-electron chi connectivity index (χ2n) is 4.52. The quantitative estimate of drug-likeness (QED) is 0.805. The lowest BCUT2D eigenvalue weighted by molar-refractivity contribution is -0.137. The molecule has 0 fully saturated rings. The van der Waals surface area contributed by atoms with Crippen LogP contribution in [-0.4, -0.2) is 35.1 Å². The van der Waals surface area contributed by atoms with Crippen molar-refractivity contribution in [1.29, 1.82) is 0 Å². The second-order valence-corrected chi connectivity index (χ2v) is 4.52. The van der Waals surface area contributed by atoms with E-state index in [0.29, 0.717) is 19.5 Å². The van der Waals surface area contributed by atoms with Crippen LogP contribution in [-0.2, 0) is 4.79 Å². The number of rotatable bonds is 7. The van der Waals surface area contributed by atoms with E-state index in [1.54, 1.807) is 4.90 Å². The number of amides is 2. The molecular formula is C15H22N2O3. The summed E-state index contributed by atoms with van der Waals surface area (Å²) >= 11 is 0. The summed E-state index contributed by atoms with van der Waals surface area (Å²) in [7, 11) is 0. The van der Waals surface area contributed by atoms with Crippen LogP contribution in [0.2, 0.25) is 0 Å². The normalized spacial score (nSPS) is 11.7. The lowest BCUT2D eigenvalue weighted by atomic mass is 10.0. The van der Waals surface area contributed by atoms with Crippen LogP contribution in [0.5, 0.6) is 0 Å². The van der Waals surface area contributed by atoms with Crippen molar-refractivity contribution < 1.29 is 14.7 Å². The van der Waals surface area contributed by atoms with E-state index in [9.17, 15) is 9.59 Å². The average molecular weight is 278 g/mol. The fraction of sp³-hybridized carbons (Fsp3) is 0.467. The standard InChI is InChI=1S/C15H22N2O3/c1-3-17(4-2)15(20)16-13(10-11-14(18)19)12-8-6-5-7-9-12/h5-9,13H,3-4,10-11H2,1-2H3,(H,16,20)(H,18,19). The molecule has 1 aromatic rings. The number of hydrogen-bond acceptors (Lipinski definition) is 2. The van der Waals surface area contributed by atoms with Crippen molar-refractivity contribution in [3.05, 3.63) is 35.9 Å². The third-order valence-corrected chi connectivity index (χ3v) is 3.20. The molecular weight excluding hydrogens is 256 g/mol. The first-order valence-electron chi connectivity index (χ1n) is 6.90. The highest BCUT2D eigenvalue weighted by atomic mass is 16.4. The van der Waals surface area contributed by atoms with Gasteiger partial charge in [-0.05, 0) is 25.8 Å². The number of carboxylic acids is 1. The van der Waals surface area contributed by atoms with Crippen LogP contribution in [0, 0.1) is 0 Å². The van der Waals surface area contributed by atoms with Crippen molar-refractivity contribution in [2.24, 2.45) is 0 Å². The molecule has 20 heavy (non-hydrogen) atoms. The molecule has 2 N–H and O–H groups in total. The Kier molecular flexibility index (Phi) is 6.56. The summed E-state index contributed by atoms with van der Waals surface area (Å²) in [5.41, 5.74) is 0.925. The van der Waals surface area contributed by atoms with E-state index in [1.165, 1.54) is 0 Å². The first kappa shape index (κ1) is 16.0. The number of urea groups is 1. The SMILES string of the molecule is CCN(CC)C(=O)NC(CCC(=O)O)c1ccccc1. The summed E-state index contributed by atoms with van der Waals surface area (Å²) in [6.45, 7) is 5.08. The van der Waals surface area contributed by atoms with Crippen LogP contribution in [0.3, 0.4) is 0 Å². The number of nitrogens with zero attached hydrogens (tertiary/aromatic N) is 1. The van der Waals surface area contributed by atoms with Crippen molar-refractivity contribution in [2.75, 3.05) is 13.1 Å². The average Bonchev–Trinajstić information content (AvgIpc) is 2.45. The Morgan fingerprint density at radius 2 is 1.80 bits per heavy atom. The van der Waals surface area contributed by atoms with E-state index < -0.39 is 5.97 Å². The summed E-state index contributed by atoms with van der Waals surface area (Å²) < 4.78 is 0. The van der Waals surface area contributed by atoms with E-state index in [4.69, 9.17) is 5.11 Å². The van der Waals surface area contributed by atoms with Crippen molar-refractivity contribution in [3.63, 3.8) is 0 Å². The molecule has 0 radical (unpaired) electrons. The lowest BCUT2D eigenvalue weighted by Crippen LogP contribution is -2.41. The van der Waals surface area contributed by atoms with Gasteiger partial charge >= 0.3 is 12.0 Å². The molecule has 5 nitrogen and oxygen atoms in total. The van der Waals surface area contributed by atoms with Gasteiger partial charge in [0.25, 0.3) is 0 Å². The lowest BCUT2D eigenvalue weighted by Gasteiger charge is -2.24. The van der Waals surface area contributed by atoms with Crippen molar-refractivity contribution in [2.45, 2.75) is 32.7 Å². The van der Waals surface area contributed by atoms with Crippen LogP contribution in [0.4, 0.5) is 4.79 Å². The van der Waals surface area contributed by atoms with Crippen molar-refractivity contribution in [1.82, 2.24) is 10.2 Å². The number of carbonyl (C=O) groups excluding carboxylic acids is 1. The van der Waals surface area contributed by atoms with Crippen LogP contribution < -0.4 is 5.32 Å². The fourth-order valence-corrected chi connectivity index (χ4v) is 2.03. The molecule has 0 aromatic heterocycles. The van der Waals surface area contributed by atoms with Gasteiger partial charge < -0.3 is 15.3 Å². The van der Waals surface area contributed by atoms with E-state index in [1.807, 2.05) is 44.2 Å². The zero-order chi connectivity index (χ0) is 15.0. The van der Waals surface area contributed by atoms with Gasteiger partial charge in [0.2, 0.25) is 0 Å². The van der Waals surface area contributed by atoms with Gasteiger partial charge in [0.1, 0.15) is 0 Å². The van der Waals surface area contributed by atoms with Gasteiger partial charge in [0, 0.05) is 19.5 Å². The second kappa shape index (κ2) is 8.19. The minimum absolute atomic E-state index is 0.0259. The highest BCUT2D eigenvalue weighted by Gasteiger charge is 2.18. The van der Waals surface area contributed by atoms with Crippen LogP contribution in [0.25, 0.3) is 0 Å². The number of hydrogen-bond donors (Lipinski definition) is 2. The third kappa shape index (κ3) is 4.91. The van der Waals surface area contributed by atoms with Gasteiger partial charge in [0.15, 0.2) is 0 Å². The fourth-order valence-electron chi connectivity index (χ4n) is 2.03. The van der Waals surface area contributed by atoms with Crippen LogP contribution in [0.15, 0.2) is 30.3 Å². The van der Waals surface area contributed by atoms with Gasteiger partial charge in [-0.3, -0.25) is 4.79 Å². The van der Waals surface area contributed by atoms with Crippen LogP contribution >= 0.6 is 0 Å². The molecule has 0 spiro atoms. The minimum Gasteiger partial charge on any atom is -0.481 e. The van der Waals surface area contributed by atoms with Crippen molar-refractivity contribution in [3.8, 4) is 0 Å². The highest BCUT2D eigenvalue weighted by Crippen LogP contribution is 2.18. The zero-order valence-electron chi connectivity index (χ0n) is 12.0. The molecule has 2 amide bonds. The van der Waals surface area contributed by atoms with E-state index in [2.05, 4.69) is 5.32 Å². The Bertz CT molecular complexity index is 430. The van der Waals surface area contributed by atoms with E-state index in [0.717, 1.165) is 5.56 Å². The molecule has 110 valence electrons. The van der Waals surface area contributed by atoms with Gasteiger partial charge in [-0.15, -0.1) is 0 Å². The molecule has 0 aliphatic rings. The summed E-state index contributed by atoms with van der Waals surface area (Å²) in [6, 6.07) is 9.02. The third-order valence-electron chi connectivity index (χ3n) is 3.20. The molecule has 0 aliphatic carbocycles. The zero-order valence-corrected chi connectivity index (χ0v) is 12.0. The number of nitrogens with one attached hydrogen (secondary N) is 1. The maximum absolute atomic E-state index is 12.1. The molecule has 1 rings (SSSR count). The van der Waals surface area contributed by atoms with Gasteiger partial charge in [-0.1, -0.05) is 30.3 Å². The van der Waals surface area contributed by atoms with E-state index in [-0.39, 0.29) is 18.5 Å².